The Morgan fingerprint density at radius 3 is 2.41 bits per heavy atom. The van der Waals surface area contributed by atoms with Gasteiger partial charge in [-0.2, -0.15) is 0 Å². The number of rotatable bonds is 3. The van der Waals surface area contributed by atoms with Crippen LogP contribution in [0.3, 0.4) is 0 Å². The SMILES string of the molecule is NS(=O)(=O)c1nc([N+](=O)[O-])c(Br)cc1C(F)F. The summed E-state index contributed by atoms with van der Waals surface area (Å²) < 4.78 is 46.7. The van der Waals surface area contributed by atoms with Gasteiger partial charge in [0.2, 0.25) is 0 Å². The lowest BCUT2D eigenvalue weighted by atomic mass is 10.3. The van der Waals surface area contributed by atoms with Crippen molar-refractivity contribution in [2.45, 2.75) is 11.5 Å². The van der Waals surface area contributed by atoms with Crippen molar-refractivity contribution in [3.05, 3.63) is 26.2 Å². The number of hydrogen-bond acceptors (Lipinski definition) is 5. The van der Waals surface area contributed by atoms with Gasteiger partial charge in [0, 0.05) is 0 Å². The first kappa shape index (κ1) is 13.9. The molecule has 0 aliphatic carbocycles. The van der Waals surface area contributed by atoms with Gasteiger partial charge in [0.05, 0.1) is 5.56 Å². The van der Waals surface area contributed by atoms with Crippen LogP contribution in [0.2, 0.25) is 0 Å². The molecule has 0 unspecified atom stereocenters. The Bertz CT molecular complexity index is 577. The van der Waals surface area contributed by atoms with E-state index in [9.17, 15) is 27.3 Å². The van der Waals surface area contributed by atoms with Crippen molar-refractivity contribution in [2.75, 3.05) is 0 Å². The van der Waals surface area contributed by atoms with Crippen LogP contribution in [0.4, 0.5) is 14.6 Å². The van der Waals surface area contributed by atoms with Crippen LogP contribution in [0, 0.1) is 10.1 Å². The molecule has 0 saturated heterocycles. The monoisotopic (exact) mass is 331 g/mol. The zero-order valence-electron chi connectivity index (χ0n) is 7.80. The third kappa shape index (κ3) is 2.92. The smallest absolute Gasteiger partial charge is 0.358 e. The Morgan fingerprint density at radius 2 is 2.06 bits per heavy atom. The minimum atomic E-state index is -4.57. The number of nitrogens with two attached hydrogens (primary N) is 1. The van der Waals surface area contributed by atoms with Crippen LogP contribution in [-0.4, -0.2) is 18.3 Å². The minimum absolute atomic E-state index is 0.356. The summed E-state index contributed by atoms with van der Waals surface area (Å²) in [5, 5.41) is 13.9. The molecule has 0 aromatic carbocycles. The Labute approximate surface area is 102 Å². The number of primary sulfonamides is 1. The molecule has 1 heterocycles. The first-order chi connectivity index (χ1) is 7.64. The van der Waals surface area contributed by atoms with Crippen LogP contribution in [0.25, 0.3) is 0 Å². The van der Waals surface area contributed by atoms with E-state index in [2.05, 4.69) is 26.1 Å². The van der Waals surface area contributed by atoms with Crippen LogP contribution in [0.15, 0.2) is 15.6 Å². The van der Waals surface area contributed by atoms with E-state index in [1.54, 1.807) is 0 Å². The summed E-state index contributed by atoms with van der Waals surface area (Å²) in [6.45, 7) is 0. The molecular weight excluding hydrogens is 328 g/mol. The lowest BCUT2D eigenvalue weighted by molar-refractivity contribution is -0.390. The second kappa shape index (κ2) is 4.58. The lowest BCUT2D eigenvalue weighted by Gasteiger charge is -2.04. The molecular formula is C6H4BrF2N3O4S. The second-order valence-corrected chi connectivity index (χ2v) is 5.12. The summed E-state index contributed by atoms with van der Waals surface area (Å²) in [7, 11) is -4.57. The Kier molecular flexibility index (Phi) is 3.74. The van der Waals surface area contributed by atoms with E-state index in [0.29, 0.717) is 6.07 Å². The highest BCUT2D eigenvalue weighted by atomic mass is 79.9. The van der Waals surface area contributed by atoms with Crippen molar-refractivity contribution in [3.63, 3.8) is 0 Å². The second-order valence-electron chi connectivity index (χ2n) is 2.79. The highest BCUT2D eigenvalue weighted by Crippen LogP contribution is 2.32. The van der Waals surface area contributed by atoms with Crippen molar-refractivity contribution < 1.29 is 22.1 Å². The summed E-state index contributed by atoms with van der Waals surface area (Å²) in [6.07, 6.45) is -3.17. The summed E-state index contributed by atoms with van der Waals surface area (Å²) in [5.41, 5.74) is -0.995. The topological polar surface area (TPSA) is 116 Å². The summed E-state index contributed by atoms with van der Waals surface area (Å²) >= 11 is 2.64. The van der Waals surface area contributed by atoms with Crippen LogP contribution >= 0.6 is 15.9 Å². The fourth-order valence-electron chi connectivity index (χ4n) is 0.989. The average Bonchev–Trinajstić information content (AvgIpc) is 2.14. The van der Waals surface area contributed by atoms with Gasteiger partial charge < -0.3 is 10.1 Å². The summed E-state index contributed by atoms with van der Waals surface area (Å²) in [6, 6.07) is 0.607. The van der Waals surface area contributed by atoms with Crippen LogP contribution in [0.1, 0.15) is 12.0 Å². The molecule has 0 atom stereocenters. The largest absolute Gasteiger partial charge is 0.379 e. The number of nitrogens with zero attached hydrogens (tertiary/aromatic N) is 2. The number of nitro groups is 1. The van der Waals surface area contributed by atoms with E-state index in [-0.39, 0.29) is 4.47 Å². The quantitative estimate of drug-likeness (QED) is 0.662. The molecule has 1 aromatic rings. The first-order valence-electron chi connectivity index (χ1n) is 3.80. The fourth-order valence-corrected chi connectivity index (χ4v) is 2.16. The molecule has 0 bridgehead atoms. The average molecular weight is 332 g/mol. The van der Waals surface area contributed by atoms with Crippen LogP contribution in [0.5, 0.6) is 0 Å². The predicted octanol–water partition coefficient (Wildman–Crippen LogP) is 1.34. The molecule has 94 valence electrons. The van der Waals surface area contributed by atoms with Gasteiger partial charge in [-0.3, -0.25) is 0 Å². The maximum Gasteiger partial charge on any atom is 0.379 e. The molecule has 0 fully saturated rings. The van der Waals surface area contributed by atoms with Crippen molar-refractivity contribution >= 4 is 31.8 Å². The van der Waals surface area contributed by atoms with Gasteiger partial charge >= 0.3 is 5.82 Å². The van der Waals surface area contributed by atoms with E-state index in [1.807, 2.05) is 0 Å². The molecule has 1 aromatic heterocycles. The fraction of sp³-hybridized carbons (Fsp3) is 0.167. The zero-order chi connectivity index (χ0) is 13.4. The maximum absolute atomic E-state index is 12.5. The molecule has 7 nitrogen and oxygen atoms in total. The third-order valence-electron chi connectivity index (χ3n) is 1.63. The number of halogens is 3. The van der Waals surface area contributed by atoms with Gasteiger partial charge in [0.1, 0.15) is 4.47 Å². The molecule has 0 saturated carbocycles. The minimum Gasteiger partial charge on any atom is -0.358 e. The van der Waals surface area contributed by atoms with Gasteiger partial charge in [0.15, 0.2) is 0 Å². The van der Waals surface area contributed by atoms with Crippen LogP contribution < -0.4 is 5.14 Å². The number of aromatic nitrogens is 1. The highest BCUT2D eigenvalue weighted by Gasteiger charge is 2.31. The van der Waals surface area contributed by atoms with Crippen molar-refractivity contribution in [1.29, 1.82) is 0 Å². The number of hydrogen-bond donors (Lipinski definition) is 1. The molecule has 2 N–H and O–H groups in total. The maximum atomic E-state index is 12.5. The Morgan fingerprint density at radius 1 is 1.53 bits per heavy atom. The lowest BCUT2D eigenvalue weighted by Crippen LogP contribution is -2.17. The van der Waals surface area contributed by atoms with Gasteiger partial charge in [-0.25, -0.2) is 22.3 Å². The van der Waals surface area contributed by atoms with Gasteiger partial charge in [-0.15, -0.1) is 0 Å². The predicted molar refractivity (Wildman–Crippen MR) is 54.9 cm³/mol. The Balaban J connectivity index is 3.66. The molecule has 11 heteroatoms. The van der Waals surface area contributed by atoms with Crippen molar-refractivity contribution in [3.8, 4) is 0 Å². The number of alkyl halides is 2. The van der Waals surface area contributed by atoms with E-state index < -0.39 is 37.8 Å². The van der Waals surface area contributed by atoms with Gasteiger partial charge in [-0.05, 0) is 31.9 Å². The molecule has 0 aliphatic rings. The normalized spacial score (nSPS) is 11.8. The molecule has 17 heavy (non-hydrogen) atoms. The number of sulfonamides is 1. The first-order valence-corrected chi connectivity index (χ1v) is 6.14. The Hall–Kier alpha value is -1.20. The van der Waals surface area contributed by atoms with Gasteiger partial charge in [0.25, 0.3) is 21.5 Å². The van der Waals surface area contributed by atoms with E-state index >= 15 is 0 Å². The number of pyridine rings is 1. The van der Waals surface area contributed by atoms with Gasteiger partial charge in [-0.1, -0.05) is 0 Å². The van der Waals surface area contributed by atoms with E-state index in [4.69, 9.17) is 0 Å². The summed E-state index contributed by atoms with van der Waals surface area (Å²) in [4.78, 5) is 12.5. The van der Waals surface area contributed by atoms with E-state index in [0.717, 1.165) is 0 Å². The standard InChI is InChI=1S/C6H4BrF2N3O4S/c7-3-1-2(4(8)9)6(17(10,15)16)11-5(3)12(13)14/h1,4H,(H2,10,15,16). The van der Waals surface area contributed by atoms with Crippen LogP contribution in [-0.2, 0) is 10.0 Å². The van der Waals surface area contributed by atoms with Crippen molar-refractivity contribution in [2.24, 2.45) is 5.14 Å². The molecule has 0 amide bonds. The van der Waals surface area contributed by atoms with E-state index in [1.165, 1.54) is 0 Å². The zero-order valence-corrected chi connectivity index (χ0v) is 10.2. The third-order valence-corrected chi connectivity index (χ3v) is 3.08. The molecule has 0 aliphatic heterocycles. The molecule has 0 spiro atoms. The molecule has 1 rings (SSSR count). The van der Waals surface area contributed by atoms with Crippen molar-refractivity contribution in [1.82, 2.24) is 4.98 Å². The highest BCUT2D eigenvalue weighted by molar-refractivity contribution is 9.10. The summed E-state index contributed by atoms with van der Waals surface area (Å²) in [5.74, 6) is -0.904. The molecule has 0 radical (unpaired) electrons.